The van der Waals surface area contributed by atoms with Gasteiger partial charge >= 0.3 is 0 Å². The minimum absolute atomic E-state index is 0.115. The Kier molecular flexibility index (Phi) is 4.22. The Labute approximate surface area is 121 Å². The van der Waals surface area contributed by atoms with Crippen molar-refractivity contribution in [2.24, 2.45) is 5.73 Å². The molecule has 106 valence electrons. The maximum atomic E-state index is 12.4. The van der Waals surface area contributed by atoms with Crippen LogP contribution >= 0.6 is 11.3 Å². The number of primary amides is 1. The zero-order chi connectivity index (χ0) is 14.8. The molecule has 0 atom stereocenters. The van der Waals surface area contributed by atoms with Gasteiger partial charge in [-0.05, 0) is 11.6 Å². The Bertz CT molecular complexity index is 708. The number of sulfonamides is 1. The summed E-state index contributed by atoms with van der Waals surface area (Å²) >= 11 is 0.993. The van der Waals surface area contributed by atoms with E-state index in [4.69, 9.17) is 5.73 Å². The molecule has 20 heavy (non-hydrogen) atoms. The quantitative estimate of drug-likeness (QED) is 0.912. The van der Waals surface area contributed by atoms with Crippen molar-refractivity contribution in [3.8, 4) is 0 Å². The van der Waals surface area contributed by atoms with Crippen LogP contribution in [0.1, 0.15) is 15.9 Å². The summed E-state index contributed by atoms with van der Waals surface area (Å²) in [7, 11) is -2.10. The number of carbonyl (C=O) groups is 1. The van der Waals surface area contributed by atoms with Gasteiger partial charge in [-0.15, -0.1) is 11.3 Å². The van der Waals surface area contributed by atoms with Crippen molar-refractivity contribution in [3.05, 3.63) is 52.9 Å². The summed E-state index contributed by atoms with van der Waals surface area (Å²) in [5, 5.41) is 1.45. The predicted octanol–water partition coefficient (Wildman–Crippen LogP) is 1.67. The lowest BCUT2D eigenvalue weighted by Crippen LogP contribution is -2.25. The van der Waals surface area contributed by atoms with Crippen LogP contribution in [0.15, 0.2) is 46.0 Å². The molecule has 5 nitrogen and oxygen atoms in total. The maximum absolute atomic E-state index is 12.4. The van der Waals surface area contributed by atoms with E-state index in [1.165, 1.54) is 22.8 Å². The number of nitrogens with two attached hydrogens (primary N) is 1. The topological polar surface area (TPSA) is 80.5 Å². The summed E-state index contributed by atoms with van der Waals surface area (Å²) < 4.78 is 26.1. The zero-order valence-electron chi connectivity index (χ0n) is 10.8. The van der Waals surface area contributed by atoms with Crippen molar-refractivity contribution < 1.29 is 13.2 Å². The zero-order valence-corrected chi connectivity index (χ0v) is 12.4. The molecule has 0 saturated carbocycles. The average Bonchev–Trinajstić information content (AvgIpc) is 2.90. The minimum atomic E-state index is -3.61. The standard InChI is InChI=1S/C13H14N2O3S2/c1-15(8-10-5-3-2-4-6-10)20(17,18)12-7-11(9-19-12)13(14)16/h2-7,9H,8H2,1H3,(H2,14,16). The predicted molar refractivity (Wildman–Crippen MR) is 77.9 cm³/mol. The molecule has 0 saturated heterocycles. The molecule has 0 aliphatic rings. The first-order valence-corrected chi connectivity index (χ1v) is 8.12. The average molecular weight is 310 g/mol. The molecular formula is C13H14N2O3S2. The molecule has 0 aliphatic heterocycles. The van der Waals surface area contributed by atoms with Gasteiger partial charge in [-0.1, -0.05) is 30.3 Å². The summed E-state index contributed by atoms with van der Waals surface area (Å²) in [6, 6.07) is 10.6. The van der Waals surface area contributed by atoms with Crippen LogP contribution in [0.3, 0.4) is 0 Å². The second-order valence-corrected chi connectivity index (χ2v) is 7.45. The Hall–Kier alpha value is -1.70. The summed E-state index contributed by atoms with van der Waals surface area (Å²) in [5.74, 6) is -0.631. The van der Waals surface area contributed by atoms with Crippen LogP contribution < -0.4 is 5.73 Å². The monoisotopic (exact) mass is 310 g/mol. The van der Waals surface area contributed by atoms with Crippen LogP contribution in [0, 0.1) is 0 Å². The molecule has 1 heterocycles. The van der Waals surface area contributed by atoms with E-state index in [0.29, 0.717) is 0 Å². The molecule has 0 spiro atoms. The fourth-order valence-corrected chi connectivity index (χ4v) is 4.20. The van der Waals surface area contributed by atoms with Crippen molar-refractivity contribution in [2.75, 3.05) is 7.05 Å². The van der Waals surface area contributed by atoms with Gasteiger partial charge in [0.1, 0.15) is 4.21 Å². The largest absolute Gasteiger partial charge is 0.366 e. The molecule has 2 rings (SSSR count). The Morgan fingerprint density at radius 3 is 2.50 bits per heavy atom. The van der Waals surface area contributed by atoms with E-state index in [9.17, 15) is 13.2 Å². The summed E-state index contributed by atoms with van der Waals surface area (Å²) in [5.41, 5.74) is 6.23. The molecule has 1 aromatic carbocycles. The van der Waals surface area contributed by atoms with Gasteiger partial charge in [0, 0.05) is 19.0 Å². The molecule has 2 aromatic rings. The lowest BCUT2D eigenvalue weighted by molar-refractivity contribution is 0.100. The molecule has 1 amide bonds. The van der Waals surface area contributed by atoms with Crippen molar-refractivity contribution in [3.63, 3.8) is 0 Å². The number of rotatable bonds is 5. The van der Waals surface area contributed by atoms with Crippen molar-refractivity contribution in [1.82, 2.24) is 4.31 Å². The third kappa shape index (κ3) is 3.06. The van der Waals surface area contributed by atoms with Gasteiger partial charge < -0.3 is 5.73 Å². The second kappa shape index (κ2) is 5.74. The highest BCUT2D eigenvalue weighted by Gasteiger charge is 2.23. The number of amides is 1. The normalized spacial score (nSPS) is 11.7. The molecule has 1 aromatic heterocycles. The summed E-state index contributed by atoms with van der Waals surface area (Å²) in [4.78, 5) is 11.0. The second-order valence-electron chi connectivity index (χ2n) is 4.27. The van der Waals surface area contributed by atoms with Crippen LogP contribution in [-0.2, 0) is 16.6 Å². The molecule has 0 fully saturated rings. The number of benzene rings is 1. The first-order chi connectivity index (χ1) is 9.41. The third-order valence-electron chi connectivity index (χ3n) is 2.77. The lowest BCUT2D eigenvalue weighted by atomic mass is 10.2. The molecule has 0 aliphatic carbocycles. The molecule has 0 bridgehead atoms. The van der Waals surface area contributed by atoms with Gasteiger partial charge in [0.25, 0.3) is 10.0 Å². The fourth-order valence-electron chi connectivity index (χ4n) is 1.66. The Balaban J connectivity index is 2.23. The highest BCUT2D eigenvalue weighted by molar-refractivity contribution is 7.91. The van der Waals surface area contributed by atoms with Crippen molar-refractivity contribution in [2.45, 2.75) is 10.8 Å². The maximum Gasteiger partial charge on any atom is 0.252 e. The highest BCUT2D eigenvalue weighted by atomic mass is 32.2. The van der Waals surface area contributed by atoms with Crippen LogP contribution in [0.25, 0.3) is 0 Å². The number of carbonyl (C=O) groups excluding carboxylic acids is 1. The van der Waals surface area contributed by atoms with E-state index in [1.807, 2.05) is 30.3 Å². The van der Waals surface area contributed by atoms with E-state index in [1.54, 1.807) is 0 Å². The molecule has 2 N–H and O–H groups in total. The summed E-state index contributed by atoms with van der Waals surface area (Å²) in [6.45, 7) is 0.271. The summed E-state index contributed by atoms with van der Waals surface area (Å²) in [6.07, 6.45) is 0. The highest BCUT2D eigenvalue weighted by Crippen LogP contribution is 2.24. The van der Waals surface area contributed by atoms with E-state index < -0.39 is 15.9 Å². The van der Waals surface area contributed by atoms with Gasteiger partial charge in [-0.3, -0.25) is 4.79 Å². The fraction of sp³-hybridized carbons (Fsp3) is 0.154. The van der Waals surface area contributed by atoms with Crippen molar-refractivity contribution in [1.29, 1.82) is 0 Å². The SMILES string of the molecule is CN(Cc1ccccc1)S(=O)(=O)c1cc(C(N)=O)cs1. The van der Waals surface area contributed by atoms with Crippen LogP contribution in [-0.4, -0.2) is 25.7 Å². The van der Waals surface area contributed by atoms with E-state index >= 15 is 0 Å². The molecule has 7 heteroatoms. The van der Waals surface area contributed by atoms with E-state index in [2.05, 4.69) is 0 Å². The number of nitrogens with zero attached hydrogens (tertiary/aromatic N) is 1. The Morgan fingerprint density at radius 2 is 1.95 bits per heavy atom. The number of thiophene rings is 1. The Morgan fingerprint density at radius 1 is 1.30 bits per heavy atom. The van der Waals surface area contributed by atoms with Gasteiger partial charge in [0.15, 0.2) is 0 Å². The van der Waals surface area contributed by atoms with Crippen molar-refractivity contribution >= 4 is 27.3 Å². The smallest absolute Gasteiger partial charge is 0.252 e. The molecule has 0 radical (unpaired) electrons. The van der Waals surface area contributed by atoms with E-state index in [-0.39, 0.29) is 16.3 Å². The number of hydrogen-bond donors (Lipinski definition) is 1. The first kappa shape index (κ1) is 14.7. The van der Waals surface area contributed by atoms with Crippen LogP contribution in [0.2, 0.25) is 0 Å². The molecular weight excluding hydrogens is 296 g/mol. The third-order valence-corrected chi connectivity index (χ3v) is 5.99. The van der Waals surface area contributed by atoms with E-state index in [0.717, 1.165) is 16.9 Å². The van der Waals surface area contributed by atoms with Gasteiger partial charge in [-0.25, -0.2) is 8.42 Å². The lowest BCUT2D eigenvalue weighted by Gasteiger charge is -2.15. The van der Waals surface area contributed by atoms with Gasteiger partial charge in [0.2, 0.25) is 5.91 Å². The minimum Gasteiger partial charge on any atom is -0.366 e. The first-order valence-electron chi connectivity index (χ1n) is 5.80. The number of hydrogen-bond acceptors (Lipinski definition) is 4. The van der Waals surface area contributed by atoms with Gasteiger partial charge in [-0.2, -0.15) is 4.31 Å². The van der Waals surface area contributed by atoms with Gasteiger partial charge in [0.05, 0.1) is 5.56 Å². The molecule has 0 unspecified atom stereocenters. The van der Waals surface area contributed by atoms with Crippen LogP contribution in [0.5, 0.6) is 0 Å². The van der Waals surface area contributed by atoms with Crippen LogP contribution in [0.4, 0.5) is 0 Å².